The number of likely N-dealkylation sites (tertiary alicyclic amines) is 1. The molecule has 1 saturated heterocycles. The Bertz CT molecular complexity index is 913. The number of halogens is 2. The number of rotatable bonds is 7. The average Bonchev–Trinajstić information content (AvgIpc) is 3.13. The van der Waals surface area contributed by atoms with Gasteiger partial charge in [0.25, 0.3) is 5.91 Å². The van der Waals surface area contributed by atoms with E-state index in [4.69, 9.17) is 32.7 Å². The molecule has 7 heteroatoms. The minimum absolute atomic E-state index is 0.0249. The van der Waals surface area contributed by atoms with Gasteiger partial charge < -0.3 is 14.8 Å². The third-order valence-corrected chi connectivity index (χ3v) is 7.03. The quantitative estimate of drug-likeness (QED) is 0.687. The summed E-state index contributed by atoms with van der Waals surface area (Å²) in [4.78, 5) is 14.9. The van der Waals surface area contributed by atoms with Crippen molar-refractivity contribution >= 4 is 29.1 Å². The van der Waals surface area contributed by atoms with Crippen LogP contribution in [0.1, 0.15) is 25.7 Å². The molecule has 2 aromatic carbocycles. The van der Waals surface area contributed by atoms with Crippen molar-refractivity contribution in [2.75, 3.05) is 19.7 Å². The predicted octanol–water partition coefficient (Wildman–Crippen LogP) is 4.32. The van der Waals surface area contributed by atoms with Crippen LogP contribution in [0.4, 0.5) is 0 Å². The second kappa shape index (κ2) is 7.63. The first-order valence-corrected chi connectivity index (χ1v) is 11.1. The van der Waals surface area contributed by atoms with Crippen molar-refractivity contribution in [1.82, 2.24) is 10.2 Å². The summed E-state index contributed by atoms with van der Waals surface area (Å²) in [7, 11) is 0. The highest BCUT2D eigenvalue weighted by Crippen LogP contribution is 2.64. The van der Waals surface area contributed by atoms with Crippen molar-refractivity contribution in [3.05, 3.63) is 58.6 Å². The number of hydrogen-bond donors (Lipinski definition) is 1. The Balaban J connectivity index is 1.06. The smallest absolute Gasteiger partial charge is 0.258 e. The molecule has 1 amide bonds. The van der Waals surface area contributed by atoms with Crippen LogP contribution in [0.15, 0.2) is 48.5 Å². The van der Waals surface area contributed by atoms with Gasteiger partial charge in [0.15, 0.2) is 6.61 Å². The fourth-order valence-electron chi connectivity index (χ4n) is 5.17. The maximum atomic E-state index is 12.3. The highest BCUT2D eigenvalue weighted by molar-refractivity contribution is 6.30. The van der Waals surface area contributed by atoms with Gasteiger partial charge in [0.2, 0.25) is 0 Å². The number of hydrogen-bond acceptors (Lipinski definition) is 4. The molecule has 0 unspecified atom stereocenters. The molecule has 5 nitrogen and oxygen atoms in total. The third kappa shape index (κ3) is 3.86. The van der Waals surface area contributed by atoms with E-state index in [1.54, 1.807) is 24.3 Å². The number of nitrogens with one attached hydrogen (secondary N) is 1. The molecule has 3 aliphatic carbocycles. The highest BCUT2D eigenvalue weighted by atomic mass is 35.5. The SMILES string of the molecule is O=C(COc1ccc(Cl)cc1)NC12CC(N3CC[C@H](Oc4ccc(Cl)cc4)C3)(C1)C2. The molecule has 0 aromatic heterocycles. The second-order valence-electron chi connectivity index (χ2n) is 8.75. The maximum absolute atomic E-state index is 12.3. The van der Waals surface area contributed by atoms with Gasteiger partial charge in [-0.3, -0.25) is 9.69 Å². The van der Waals surface area contributed by atoms with Crippen molar-refractivity contribution < 1.29 is 14.3 Å². The van der Waals surface area contributed by atoms with Crippen LogP contribution in [0.5, 0.6) is 11.5 Å². The summed E-state index contributed by atoms with van der Waals surface area (Å²) >= 11 is 11.8. The molecular formula is C23H24Cl2N2O3. The lowest BCUT2D eigenvalue weighted by Crippen LogP contribution is -2.83. The Kier molecular flexibility index (Phi) is 5.08. The second-order valence-corrected chi connectivity index (χ2v) is 9.63. The minimum atomic E-state index is -0.0661. The van der Waals surface area contributed by atoms with Crippen molar-refractivity contribution in [3.63, 3.8) is 0 Å². The molecule has 6 rings (SSSR count). The van der Waals surface area contributed by atoms with Gasteiger partial charge in [-0.25, -0.2) is 0 Å². The molecule has 4 aliphatic rings. The van der Waals surface area contributed by atoms with Gasteiger partial charge in [-0.15, -0.1) is 0 Å². The van der Waals surface area contributed by atoms with Crippen molar-refractivity contribution in [2.45, 2.75) is 42.9 Å². The summed E-state index contributed by atoms with van der Waals surface area (Å²) in [6, 6.07) is 14.6. The number of amides is 1. The first-order valence-electron chi connectivity index (χ1n) is 10.3. The molecule has 2 aromatic rings. The van der Waals surface area contributed by atoms with Crippen molar-refractivity contribution in [1.29, 1.82) is 0 Å². The van der Waals surface area contributed by atoms with E-state index in [-0.39, 0.29) is 29.7 Å². The van der Waals surface area contributed by atoms with Crippen LogP contribution in [0.3, 0.4) is 0 Å². The zero-order valence-electron chi connectivity index (χ0n) is 16.6. The largest absolute Gasteiger partial charge is 0.489 e. The summed E-state index contributed by atoms with van der Waals surface area (Å²) < 4.78 is 11.7. The molecule has 0 spiro atoms. The van der Waals surface area contributed by atoms with Gasteiger partial charge in [-0.1, -0.05) is 23.2 Å². The van der Waals surface area contributed by atoms with E-state index in [2.05, 4.69) is 10.2 Å². The van der Waals surface area contributed by atoms with Crippen LogP contribution < -0.4 is 14.8 Å². The van der Waals surface area contributed by atoms with Crippen LogP contribution >= 0.6 is 23.2 Å². The summed E-state index contributed by atoms with van der Waals surface area (Å²) in [5.74, 6) is 1.45. The minimum Gasteiger partial charge on any atom is -0.489 e. The van der Waals surface area contributed by atoms with Gasteiger partial charge in [-0.05, 0) is 74.2 Å². The zero-order chi connectivity index (χ0) is 20.8. The average molecular weight is 447 g/mol. The monoisotopic (exact) mass is 446 g/mol. The Morgan fingerprint density at radius 3 is 2.23 bits per heavy atom. The maximum Gasteiger partial charge on any atom is 0.258 e. The van der Waals surface area contributed by atoms with Gasteiger partial charge in [-0.2, -0.15) is 0 Å². The molecule has 30 heavy (non-hydrogen) atoms. The molecule has 1 aliphatic heterocycles. The summed E-state index contributed by atoms with van der Waals surface area (Å²) in [5, 5.41) is 4.55. The number of carbonyl (C=O) groups excluding carboxylic acids is 1. The number of ether oxygens (including phenoxy) is 2. The molecule has 1 heterocycles. The van der Waals surface area contributed by atoms with Gasteiger partial charge >= 0.3 is 0 Å². The Labute approximate surface area is 186 Å². The normalized spacial score (nSPS) is 29.6. The fourth-order valence-corrected chi connectivity index (χ4v) is 5.43. The first-order chi connectivity index (χ1) is 14.4. The summed E-state index contributed by atoms with van der Waals surface area (Å²) in [6.07, 6.45) is 4.28. The van der Waals surface area contributed by atoms with Crippen LogP contribution in [0.25, 0.3) is 0 Å². The topological polar surface area (TPSA) is 50.8 Å². The zero-order valence-corrected chi connectivity index (χ0v) is 18.1. The molecule has 0 radical (unpaired) electrons. The molecule has 3 saturated carbocycles. The third-order valence-electron chi connectivity index (χ3n) is 6.52. The van der Waals surface area contributed by atoms with E-state index >= 15 is 0 Å². The van der Waals surface area contributed by atoms with Crippen LogP contribution in [-0.2, 0) is 4.79 Å². The highest BCUT2D eigenvalue weighted by Gasteiger charge is 2.71. The van der Waals surface area contributed by atoms with Crippen molar-refractivity contribution in [2.24, 2.45) is 0 Å². The van der Waals surface area contributed by atoms with Gasteiger partial charge in [0.1, 0.15) is 17.6 Å². The molecule has 1 N–H and O–H groups in total. The molecule has 4 fully saturated rings. The van der Waals surface area contributed by atoms with Crippen LogP contribution in [0, 0.1) is 0 Å². The van der Waals surface area contributed by atoms with E-state index in [0.29, 0.717) is 10.8 Å². The van der Waals surface area contributed by atoms with Crippen LogP contribution in [0.2, 0.25) is 10.0 Å². The Morgan fingerprint density at radius 1 is 1.00 bits per heavy atom. The lowest BCUT2D eigenvalue weighted by Gasteiger charge is -2.73. The van der Waals surface area contributed by atoms with Gasteiger partial charge in [0.05, 0.1) is 0 Å². The molecular weight excluding hydrogens is 423 g/mol. The lowest BCUT2D eigenvalue weighted by atomic mass is 9.43. The van der Waals surface area contributed by atoms with Gasteiger partial charge in [0, 0.05) is 34.2 Å². The Hall–Kier alpha value is -1.95. The van der Waals surface area contributed by atoms with E-state index in [1.165, 1.54) is 0 Å². The Morgan fingerprint density at radius 2 is 1.60 bits per heavy atom. The molecule has 1 atom stereocenters. The predicted molar refractivity (Wildman–Crippen MR) is 116 cm³/mol. The van der Waals surface area contributed by atoms with E-state index in [0.717, 1.165) is 49.5 Å². The molecule has 158 valence electrons. The fraction of sp³-hybridized carbons (Fsp3) is 0.435. The summed E-state index contributed by atoms with van der Waals surface area (Å²) in [6.45, 7) is 2.01. The molecule has 2 bridgehead atoms. The number of nitrogens with zero attached hydrogens (tertiary/aromatic N) is 1. The number of benzene rings is 2. The van der Waals surface area contributed by atoms with Crippen molar-refractivity contribution in [3.8, 4) is 11.5 Å². The standard InChI is InChI=1S/C23H24Cl2N2O3/c24-16-1-5-18(6-2-16)29-12-21(28)26-22-13-23(14-22,15-22)27-10-9-20(11-27)30-19-7-3-17(25)4-8-19/h1-8,20H,9-15H2,(H,26,28)/t20-,22?,23?/m0/s1. The lowest BCUT2D eigenvalue weighted by molar-refractivity contribution is -0.179. The number of carbonyl (C=O) groups is 1. The van der Waals surface area contributed by atoms with E-state index in [9.17, 15) is 4.79 Å². The first kappa shape index (κ1) is 20.0. The van der Waals surface area contributed by atoms with E-state index < -0.39 is 0 Å². The van der Waals surface area contributed by atoms with Crippen LogP contribution in [-0.4, -0.2) is 47.7 Å². The van der Waals surface area contributed by atoms with E-state index in [1.807, 2.05) is 24.3 Å². The summed E-state index contributed by atoms with van der Waals surface area (Å²) in [5.41, 5.74) is 0.192.